The Morgan fingerprint density at radius 2 is 1.90 bits per heavy atom. The summed E-state index contributed by atoms with van der Waals surface area (Å²) in [4.78, 5) is 0. The molecule has 0 amide bonds. The first-order chi connectivity index (χ1) is 13.3. The number of hydrogen-bond donors (Lipinski definition) is 0. The Hall–Kier alpha value is -1.06. The van der Waals surface area contributed by atoms with Crippen LogP contribution in [0.1, 0.15) is 72.8 Å². The van der Waals surface area contributed by atoms with Crippen LogP contribution in [0.15, 0.2) is 41.2 Å². The molecule has 4 atom stereocenters. The molecule has 2 aliphatic carbocycles. The molecule has 0 aliphatic heterocycles. The Kier molecular flexibility index (Phi) is 5.90. The third-order valence-corrected chi connectivity index (χ3v) is 13.0. The molecule has 0 bridgehead atoms. The van der Waals surface area contributed by atoms with Crippen LogP contribution in [0.3, 0.4) is 0 Å². The normalized spacial score (nSPS) is 33.1. The summed E-state index contributed by atoms with van der Waals surface area (Å²) in [5, 5.41) is 0.207. The number of allylic oxidation sites excluding steroid dienone is 1. The number of furan rings is 1. The van der Waals surface area contributed by atoms with Crippen molar-refractivity contribution in [3.8, 4) is 0 Å². The van der Waals surface area contributed by atoms with E-state index in [9.17, 15) is 0 Å². The van der Waals surface area contributed by atoms with E-state index in [4.69, 9.17) is 8.84 Å². The summed E-state index contributed by atoms with van der Waals surface area (Å²) in [6.07, 6.45) is 13.3. The molecule has 0 radical (unpaired) electrons. The van der Waals surface area contributed by atoms with Gasteiger partial charge in [-0.05, 0) is 65.8 Å². The molecule has 0 spiro atoms. The van der Waals surface area contributed by atoms with E-state index in [1.54, 1.807) is 6.26 Å². The van der Waals surface area contributed by atoms with Crippen LogP contribution in [0.2, 0.25) is 18.1 Å². The molecule has 0 saturated heterocycles. The first-order valence-electron chi connectivity index (χ1n) is 11.3. The zero-order chi connectivity index (χ0) is 21.7. The van der Waals surface area contributed by atoms with E-state index >= 15 is 0 Å². The lowest BCUT2D eigenvalue weighted by Gasteiger charge is -2.59. The lowest BCUT2D eigenvalue weighted by atomic mass is 9.47. The molecule has 2 fully saturated rings. The maximum atomic E-state index is 7.00. The Balaban J connectivity index is 1.98. The van der Waals surface area contributed by atoms with Gasteiger partial charge in [0.05, 0.1) is 18.6 Å². The van der Waals surface area contributed by atoms with E-state index in [-0.39, 0.29) is 16.6 Å². The molecule has 1 heterocycles. The van der Waals surface area contributed by atoms with Gasteiger partial charge in [-0.15, -0.1) is 0 Å². The van der Waals surface area contributed by atoms with Crippen molar-refractivity contribution in [1.29, 1.82) is 0 Å². The molecule has 0 unspecified atom stereocenters. The van der Waals surface area contributed by atoms with Gasteiger partial charge in [-0.2, -0.15) is 0 Å². The van der Waals surface area contributed by atoms with Gasteiger partial charge in [-0.3, -0.25) is 0 Å². The summed E-state index contributed by atoms with van der Waals surface area (Å²) in [6, 6.07) is 2.02. The first kappa shape index (κ1) is 22.6. The maximum Gasteiger partial charge on any atom is 0.192 e. The summed E-state index contributed by atoms with van der Waals surface area (Å²) in [5.41, 5.74) is 2.99. The molecule has 29 heavy (non-hydrogen) atoms. The van der Waals surface area contributed by atoms with Crippen LogP contribution in [0.25, 0.3) is 6.08 Å². The van der Waals surface area contributed by atoms with E-state index in [0.29, 0.717) is 17.3 Å². The fraction of sp³-hybridized carbons (Fsp3) is 0.692. The van der Waals surface area contributed by atoms with Gasteiger partial charge in [0.1, 0.15) is 0 Å². The van der Waals surface area contributed by atoms with Crippen LogP contribution in [-0.2, 0) is 4.43 Å². The first-order valence-corrected chi connectivity index (χ1v) is 14.3. The quantitative estimate of drug-likeness (QED) is 0.367. The van der Waals surface area contributed by atoms with Gasteiger partial charge in [0, 0.05) is 11.5 Å². The SMILES string of the molecule is C=C1[C@@H](O[Si](C)(C)C(C)(C)C)C[C@H]2C(C)(C)CCC[C@]2(C)[C@H]1/C=C/c1ccoc1. The minimum absolute atomic E-state index is 0.158. The second-order valence-electron chi connectivity index (χ2n) is 12.0. The molecular formula is C26H42O2Si. The minimum Gasteiger partial charge on any atom is -0.472 e. The second kappa shape index (κ2) is 7.57. The van der Waals surface area contributed by atoms with E-state index in [2.05, 4.69) is 73.4 Å². The van der Waals surface area contributed by atoms with Crippen LogP contribution in [-0.4, -0.2) is 14.4 Å². The smallest absolute Gasteiger partial charge is 0.192 e. The number of rotatable bonds is 4. The standard InChI is InChI=1S/C26H42O2Si/c1-19-21(12-11-20-13-16-27-18-20)26(7)15-10-14-25(5,6)23(26)17-22(19)28-29(8,9)24(2,3)4/h11-13,16,18,21-23H,1,10,14-15,17H2,2-9H3/b12-11+/t21-,22-,23-,26+/m0/s1. The van der Waals surface area contributed by atoms with Crippen molar-refractivity contribution in [1.82, 2.24) is 0 Å². The van der Waals surface area contributed by atoms with Gasteiger partial charge >= 0.3 is 0 Å². The van der Waals surface area contributed by atoms with Crippen molar-refractivity contribution in [2.45, 2.75) is 91.5 Å². The van der Waals surface area contributed by atoms with Gasteiger partial charge in [0.2, 0.25) is 0 Å². The van der Waals surface area contributed by atoms with Gasteiger partial charge in [0.25, 0.3) is 0 Å². The van der Waals surface area contributed by atoms with E-state index in [0.717, 1.165) is 12.0 Å². The monoisotopic (exact) mass is 414 g/mol. The number of hydrogen-bond acceptors (Lipinski definition) is 2. The summed E-state index contributed by atoms with van der Waals surface area (Å²) in [7, 11) is -1.87. The third kappa shape index (κ3) is 4.23. The molecular weight excluding hydrogens is 372 g/mol. The van der Waals surface area contributed by atoms with Crippen LogP contribution < -0.4 is 0 Å². The zero-order valence-corrected chi connectivity index (χ0v) is 21.0. The molecule has 2 nitrogen and oxygen atoms in total. The summed E-state index contributed by atoms with van der Waals surface area (Å²) in [6.45, 7) is 23.8. The van der Waals surface area contributed by atoms with E-state index in [1.807, 2.05) is 12.3 Å². The third-order valence-electron chi connectivity index (χ3n) is 8.52. The highest BCUT2D eigenvalue weighted by atomic mass is 28.4. The Morgan fingerprint density at radius 1 is 1.21 bits per heavy atom. The Labute approximate surface area is 179 Å². The van der Waals surface area contributed by atoms with E-state index in [1.165, 1.54) is 24.8 Å². The maximum absolute atomic E-state index is 7.00. The molecule has 2 aliphatic rings. The van der Waals surface area contributed by atoms with Crippen LogP contribution in [0.4, 0.5) is 0 Å². The van der Waals surface area contributed by atoms with Crippen molar-refractivity contribution in [3.63, 3.8) is 0 Å². The molecule has 1 aromatic rings. The summed E-state index contributed by atoms with van der Waals surface area (Å²) >= 11 is 0. The van der Waals surface area contributed by atoms with Crippen molar-refractivity contribution in [2.24, 2.45) is 22.7 Å². The molecule has 3 heteroatoms. The van der Waals surface area contributed by atoms with Crippen LogP contribution in [0.5, 0.6) is 0 Å². The lowest BCUT2D eigenvalue weighted by Crippen LogP contribution is -2.55. The summed E-state index contributed by atoms with van der Waals surface area (Å²) in [5.74, 6) is 0.980. The lowest BCUT2D eigenvalue weighted by molar-refractivity contribution is -0.0672. The van der Waals surface area contributed by atoms with Gasteiger partial charge in [-0.25, -0.2) is 0 Å². The zero-order valence-electron chi connectivity index (χ0n) is 20.0. The fourth-order valence-electron chi connectivity index (χ4n) is 5.69. The van der Waals surface area contributed by atoms with Crippen molar-refractivity contribution in [2.75, 3.05) is 0 Å². The van der Waals surface area contributed by atoms with Crippen LogP contribution >= 0.6 is 0 Å². The Morgan fingerprint density at radius 3 is 2.48 bits per heavy atom. The van der Waals surface area contributed by atoms with Crippen LogP contribution in [0, 0.1) is 22.7 Å². The average Bonchev–Trinajstić information content (AvgIpc) is 3.08. The topological polar surface area (TPSA) is 22.4 Å². The molecule has 1 aromatic heterocycles. The highest BCUT2D eigenvalue weighted by Gasteiger charge is 2.55. The predicted octanol–water partition coefficient (Wildman–Crippen LogP) is 8.09. The Bertz CT molecular complexity index is 750. The second-order valence-corrected chi connectivity index (χ2v) is 16.7. The minimum atomic E-state index is -1.87. The van der Waals surface area contributed by atoms with Gasteiger partial charge in [-0.1, -0.05) is 66.7 Å². The highest BCUT2D eigenvalue weighted by molar-refractivity contribution is 6.74. The molecule has 2 saturated carbocycles. The predicted molar refractivity (Wildman–Crippen MR) is 126 cm³/mol. The fourth-order valence-corrected chi connectivity index (χ4v) is 7.01. The van der Waals surface area contributed by atoms with Crippen molar-refractivity contribution >= 4 is 14.4 Å². The average molecular weight is 415 g/mol. The van der Waals surface area contributed by atoms with Crippen molar-refractivity contribution in [3.05, 3.63) is 42.4 Å². The summed E-state index contributed by atoms with van der Waals surface area (Å²) < 4.78 is 12.3. The molecule has 162 valence electrons. The largest absolute Gasteiger partial charge is 0.472 e. The molecule has 0 N–H and O–H groups in total. The molecule has 3 rings (SSSR count). The van der Waals surface area contributed by atoms with Gasteiger partial charge in [0.15, 0.2) is 8.32 Å². The number of fused-ring (bicyclic) bond motifs is 1. The van der Waals surface area contributed by atoms with Crippen molar-refractivity contribution < 1.29 is 8.84 Å². The highest BCUT2D eigenvalue weighted by Crippen LogP contribution is 2.62. The van der Waals surface area contributed by atoms with E-state index < -0.39 is 8.32 Å². The molecule has 0 aromatic carbocycles. The van der Waals surface area contributed by atoms with Gasteiger partial charge < -0.3 is 8.84 Å².